The van der Waals surface area contributed by atoms with Gasteiger partial charge in [-0.15, -0.1) is 0 Å². The molecule has 1 atom stereocenters. The average molecular weight is 198 g/mol. The van der Waals surface area contributed by atoms with Crippen molar-refractivity contribution in [1.29, 1.82) is 0 Å². The van der Waals surface area contributed by atoms with Crippen molar-refractivity contribution in [2.75, 3.05) is 20.3 Å². The third kappa shape index (κ3) is 2.10. The first-order chi connectivity index (χ1) is 6.81. The highest BCUT2D eigenvalue weighted by Crippen LogP contribution is 2.34. The number of nitrogens with one attached hydrogen (secondary N) is 1. The standard InChI is InChI=1S/C11H22N2O/c1-13-11(9-6-10(12)7-9)8-2-4-14-5-3-8/h8-11,13H,2-7,12H2,1H3. The Labute approximate surface area is 86.4 Å². The SMILES string of the molecule is CNC(C1CCOCC1)C1CC(N)C1. The Bertz CT molecular complexity index is 174. The van der Waals surface area contributed by atoms with Crippen molar-refractivity contribution in [3.8, 4) is 0 Å². The molecule has 0 bridgehead atoms. The summed E-state index contributed by atoms with van der Waals surface area (Å²) in [5.74, 6) is 1.63. The molecule has 1 heterocycles. The van der Waals surface area contributed by atoms with E-state index in [1.54, 1.807) is 0 Å². The molecule has 1 saturated carbocycles. The van der Waals surface area contributed by atoms with Crippen molar-refractivity contribution in [3.63, 3.8) is 0 Å². The predicted octanol–water partition coefficient (Wildman–Crippen LogP) is 0.738. The number of hydrogen-bond acceptors (Lipinski definition) is 3. The van der Waals surface area contributed by atoms with Gasteiger partial charge in [0.25, 0.3) is 0 Å². The lowest BCUT2D eigenvalue weighted by atomic mass is 9.70. The van der Waals surface area contributed by atoms with Gasteiger partial charge in [-0.25, -0.2) is 0 Å². The van der Waals surface area contributed by atoms with Gasteiger partial charge in [0.05, 0.1) is 0 Å². The summed E-state index contributed by atoms with van der Waals surface area (Å²) in [6, 6.07) is 1.15. The quantitative estimate of drug-likeness (QED) is 0.703. The van der Waals surface area contributed by atoms with Crippen LogP contribution in [0.3, 0.4) is 0 Å². The fourth-order valence-corrected chi connectivity index (χ4v) is 2.93. The smallest absolute Gasteiger partial charge is 0.0469 e. The van der Waals surface area contributed by atoms with E-state index in [1.807, 2.05) is 0 Å². The molecule has 0 aromatic rings. The molecule has 1 saturated heterocycles. The molecule has 3 heteroatoms. The lowest BCUT2D eigenvalue weighted by Gasteiger charge is -2.43. The van der Waals surface area contributed by atoms with E-state index in [2.05, 4.69) is 12.4 Å². The van der Waals surface area contributed by atoms with Gasteiger partial charge in [-0.05, 0) is 44.6 Å². The average Bonchev–Trinajstić information content (AvgIpc) is 2.18. The second kappa shape index (κ2) is 4.60. The number of nitrogens with two attached hydrogens (primary N) is 1. The molecule has 3 nitrogen and oxygen atoms in total. The van der Waals surface area contributed by atoms with Gasteiger partial charge in [-0.2, -0.15) is 0 Å². The molecule has 82 valence electrons. The fraction of sp³-hybridized carbons (Fsp3) is 1.00. The molecule has 3 N–H and O–H groups in total. The topological polar surface area (TPSA) is 47.3 Å². The van der Waals surface area contributed by atoms with Crippen molar-refractivity contribution in [2.24, 2.45) is 17.6 Å². The lowest BCUT2D eigenvalue weighted by molar-refractivity contribution is 0.0341. The summed E-state index contributed by atoms with van der Waals surface area (Å²) in [6.45, 7) is 1.89. The van der Waals surface area contributed by atoms with E-state index in [1.165, 1.54) is 25.7 Å². The van der Waals surface area contributed by atoms with Crippen LogP contribution in [0.4, 0.5) is 0 Å². The van der Waals surface area contributed by atoms with Crippen LogP contribution in [0.2, 0.25) is 0 Å². The maximum atomic E-state index is 5.84. The van der Waals surface area contributed by atoms with Gasteiger partial charge in [-0.1, -0.05) is 0 Å². The van der Waals surface area contributed by atoms with Crippen LogP contribution in [0, 0.1) is 11.8 Å². The zero-order valence-electron chi connectivity index (χ0n) is 9.04. The van der Waals surface area contributed by atoms with Crippen molar-refractivity contribution in [2.45, 2.75) is 37.8 Å². The van der Waals surface area contributed by atoms with E-state index < -0.39 is 0 Å². The summed E-state index contributed by atoms with van der Waals surface area (Å²) >= 11 is 0. The number of hydrogen-bond donors (Lipinski definition) is 2. The van der Waals surface area contributed by atoms with Crippen LogP contribution in [0.15, 0.2) is 0 Å². The molecule has 14 heavy (non-hydrogen) atoms. The van der Waals surface area contributed by atoms with E-state index in [-0.39, 0.29) is 0 Å². The molecule has 2 aliphatic rings. The van der Waals surface area contributed by atoms with Gasteiger partial charge in [0.1, 0.15) is 0 Å². The molecule has 0 spiro atoms. The Morgan fingerprint density at radius 1 is 1.21 bits per heavy atom. The summed E-state index contributed by atoms with van der Waals surface area (Å²) in [5.41, 5.74) is 5.84. The summed E-state index contributed by atoms with van der Waals surface area (Å²) in [4.78, 5) is 0. The molecular weight excluding hydrogens is 176 g/mol. The first-order valence-electron chi connectivity index (χ1n) is 5.82. The molecule has 2 rings (SSSR count). The van der Waals surface area contributed by atoms with Crippen molar-refractivity contribution in [3.05, 3.63) is 0 Å². The molecule has 0 amide bonds. The van der Waals surface area contributed by atoms with Crippen LogP contribution in [-0.2, 0) is 4.74 Å². The monoisotopic (exact) mass is 198 g/mol. The van der Waals surface area contributed by atoms with E-state index in [4.69, 9.17) is 10.5 Å². The van der Waals surface area contributed by atoms with E-state index in [9.17, 15) is 0 Å². The van der Waals surface area contributed by atoms with Gasteiger partial charge < -0.3 is 15.8 Å². The lowest BCUT2D eigenvalue weighted by Crippen LogP contribution is -2.51. The predicted molar refractivity (Wildman–Crippen MR) is 57.1 cm³/mol. The third-order valence-corrected chi connectivity index (χ3v) is 3.83. The zero-order chi connectivity index (χ0) is 9.97. The van der Waals surface area contributed by atoms with E-state index >= 15 is 0 Å². The van der Waals surface area contributed by atoms with Gasteiger partial charge in [-0.3, -0.25) is 0 Å². The largest absolute Gasteiger partial charge is 0.381 e. The van der Waals surface area contributed by atoms with Gasteiger partial charge in [0.2, 0.25) is 0 Å². The Hall–Kier alpha value is -0.120. The summed E-state index contributed by atoms with van der Waals surface area (Å²) in [5, 5.41) is 3.48. The van der Waals surface area contributed by atoms with E-state index in [0.717, 1.165) is 25.0 Å². The Kier molecular flexibility index (Phi) is 3.42. The Morgan fingerprint density at radius 3 is 2.36 bits per heavy atom. The second-order valence-corrected chi connectivity index (χ2v) is 4.76. The summed E-state index contributed by atoms with van der Waals surface area (Å²) in [7, 11) is 2.09. The van der Waals surface area contributed by atoms with Crippen LogP contribution >= 0.6 is 0 Å². The normalized spacial score (nSPS) is 36.4. The highest BCUT2D eigenvalue weighted by molar-refractivity contribution is 4.93. The molecule has 0 aromatic carbocycles. The van der Waals surface area contributed by atoms with Crippen LogP contribution < -0.4 is 11.1 Å². The van der Waals surface area contributed by atoms with Gasteiger partial charge in [0, 0.05) is 25.3 Å². The molecule has 0 radical (unpaired) electrons. The maximum absolute atomic E-state index is 5.84. The number of ether oxygens (including phenoxy) is 1. The first-order valence-corrected chi connectivity index (χ1v) is 5.82. The van der Waals surface area contributed by atoms with Crippen LogP contribution in [0.1, 0.15) is 25.7 Å². The van der Waals surface area contributed by atoms with Crippen LogP contribution in [0.5, 0.6) is 0 Å². The Morgan fingerprint density at radius 2 is 1.86 bits per heavy atom. The molecule has 1 aliphatic carbocycles. The van der Waals surface area contributed by atoms with Crippen LogP contribution in [0.25, 0.3) is 0 Å². The third-order valence-electron chi connectivity index (χ3n) is 3.83. The molecule has 1 unspecified atom stereocenters. The molecule has 2 fully saturated rings. The van der Waals surface area contributed by atoms with Crippen LogP contribution in [-0.4, -0.2) is 32.3 Å². The van der Waals surface area contributed by atoms with Crippen molar-refractivity contribution in [1.82, 2.24) is 5.32 Å². The maximum Gasteiger partial charge on any atom is 0.0469 e. The highest BCUT2D eigenvalue weighted by Gasteiger charge is 2.36. The minimum atomic E-state index is 0.468. The summed E-state index contributed by atoms with van der Waals surface area (Å²) < 4.78 is 5.39. The fourth-order valence-electron chi connectivity index (χ4n) is 2.93. The van der Waals surface area contributed by atoms with Gasteiger partial charge >= 0.3 is 0 Å². The minimum Gasteiger partial charge on any atom is -0.381 e. The van der Waals surface area contributed by atoms with Gasteiger partial charge in [0.15, 0.2) is 0 Å². The van der Waals surface area contributed by atoms with Crippen molar-refractivity contribution < 1.29 is 4.74 Å². The summed E-state index contributed by atoms with van der Waals surface area (Å²) in [6.07, 6.45) is 4.86. The van der Waals surface area contributed by atoms with E-state index in [0.29, 0.717) is 12.1 Å². The zero-order valence-corrected chi connectivity index (χ0v) is 9.04. The highest BCUT2D eigenvalue weighted by atomic mass is 16.5. The minimum absolute atomic E-state index is 0.468. The Balaban J connectivity index is 1.85. The second-order valence-electron chi connectivity index (χ2n) is 4.76. The molecule has 0 aromatic heterocycles. The first kappa shape index (κ1) is 10.4. The number of rotatable bonds is 3. The molecular formula is C11H22N2O. The van der Waals surface area contributed by atoms with Crippen molar-refractivity contribution >= 4 is 0 Å². The molecule has 1 aliphatic heterocycles.